The van der Waals surface area contributed by atoms with Crippen LogP contribution in [0, 0.1) is 0 Å². The molecule has 0 atom stereocenters. The molecule has 0 saturated carbocycles. The minimum Gasteiger partial charge on any atom is -0.337 e. The Bertz CT molecular complexity index is 444. The first-order chi connectivity index (χ1) is 9.65. The van der Waals surface area contributed by atoms with Crippen LogP contribution in [0.2, 0.25) is 0 Å². The highest BCUT2D eigenvalue weighted by atomic mass is 79.9. The summed E-state index contributed by atoms with van der Waals surface area (Å²) in [6, 6.07) is 7.69. The summed E-state index contributed by atoms with van der Waals surface area (Å²) < 4.78 is 1.02. The number of amides is 2. The van der Waals surface area contributed by atoms with Gasteiger partial charge in [-0.1, -0.05) is 41.9 Å². The third kappa shape index (κ3) is 6.73. The predicted octanol–water partition coefficient (Wildman–Crippen LogP) is 3.06. The SMILES string of the molecule is CCN(CC)CCNC(=O)N/C=C/c1cccc(Br)c1. The Morgan fingerprint density at radius 3 is 2.75 bits per heavy atom. The lowest BCUT2D eigenvalue weighted by atomic mass is 10.2. The number of halogens is 1. The molecule has 4 nitrogen and oxygen atoms in total. The topological polar surface area (TPSA) is 44.4 Å². The molecule has 0 aromatic heterocycles. The maximum Gasteiger partial charge on any atom is 0.318 e. The predicted molar refractivity (Wildman–Crippen MR) is 87.5 cm³/mol. The number of carbonyl (C=O) groups is 1. The number of nitrogens with zero attached hydrogens (tertiary/aromatic N) is 1. The summed E-state index contributed by atoms with van der Waals surface area (Å²) in [6.45, 7) is 7.76. The van der Waals surface area contributed by atoms with Crippen LogP contribution in [0.15, 0.2) is 34.9 Å². The van der Waals surface area contributed by atoms with E-state index in [0.29, 0.717) is 6.54 Å². The maximum absolute atomic E-state index is 11.6. The third-order valence-corrected chi connectivity index (χ3v) is 3.44. The molecule has 0 heterocycles. The molecule has 20 heavy (non-hydrogen) atoms. The van der Waals surface area contributed by atoms with E-state index in [4.69, 9.17) is 0 Å². The second-order valence-corrected chi connectivity index (χ2v) is 5.23. The summed E-state index contributed by atoms with van der Waals surface area (Å²) in [5, 5.41) is 5.52. The summed E-state index contributed by atoms with van der Waals surface area (Å²) in [6.07, 6.45) is 3.50. The van der Waals surface area contributed by atoms with Crippen molar-refractivity contribution in [1.82, 2.24) is 15.5 Å². The number of likely N-dealkylation sites (N-methyl/N-ethyl adjacent to an activating group) is 1. The van der Waals surface area contributed by atoms with Crippen LogP contribution in [0.5, 0.6) is 0 Å². The van der Waals surface area contributed by atoms with Crippen LogP contribution in [-0.4, -0.2) is 37.1 Å². The number of benzene rings is 1. The minimum atomic E-state index is -0.177. The van der Waals surface area contributed by atoms with Crippen molar-refractivity contribution in [3.63, 3.8) is 0 Å². The molecule has 5 heteroatoms. The van der Waals surface area contributed by atoms with Crippen LogP contribution >= 0.6 is 15.9 Å². The molecule has 0 fully saturated rings. The van der Waals surface area contributed by atoms with Crippen LogP contribution < -0.4 is 10.6 Å². The molecule has 1 rings (SSSR count). The first-order valence-corrected chi connectivity index (χ1v) is 7.63. The van der Waals surface area contributed by atoms with Gasteiger partial charge < -0.3 is 15.5 Å². The van der Waals surface area contributed by atoms with Gasteiger partial charge in [0.2, 0.25) is 0 Å². The van der Waals surface area contributed by atoms with Crippen molar-refractivity contribution in [3.05, 3.63) is 40.5 Å². The van der Waals surface area contributed by atoms with Gasteiger partial charge in [-0.2, -0.15) is 0 Å². The summed E-state index contributed by atoms with van der Waals surface area (Å²) in [4.78, 5) is 13.8. The molecule has 0 spiro atoms. The van der Waals surface area contributed by atoms with E-state index in [9.17, 15) is 4.79 Å². The molecular weight excluding hydrogens is 318 g/mol. The second kappa shape index (κ2) is 9.55. The number of carbonyl (C=O) groups excluding carboxylic acids is 1. The highest BCUT2D eigenvalue weighted by Crippen LogP contribution is 2.12. The fraction of sp³-hybridized carbons (Fsp3) is 0.400. The van der Waals surface area contributed by atoms with Crippen molar-refractivity contribution in [3.8, 4) is 0 Å². The fourth-order valence-electron chi connectivity index (χ4n) is 1.74. The summed E-state index contributed by atoms with van der Waals surface area (Å²) >= 11 is 3.41. The van der Waals surface area contributed by atoms with Crippen molar-refractivity contribution in [1.29, 1.82) is 0 Å². The molecule has 0 unspecified atom stereocenters. The second-order valence-electron chi connectivity index (χ2n) is 4.32. The van der Waals surface area contributed by atoms with Gasteiger partial charge in [-0.15, -0.1) is 0 Å². The Morgan fingerprint density at radius 2 is 2.10 bits per heavy atom. The standard InChI is InChI=1S/C15H22BrN3O/c1-3-19(4-2)11-10-18-15(20)17-9-8-13-6-5-7-14(16)12-13/h5-9,12H,3-4,10-11H2,1-2H3,(H2,17,18,20)/b9-8+. The van der Waals surface area contributed by atoms with E-state index in [0.717, 1.165) is 29.7 Å². The lowest BCUT2D eigenvalue weighted by molar-refractivity contribution is 0.240. The lowest BCUT2D eigenvalue weighted by Gasteiger charge is -2.17. The zero-order chi connectivity index (χ0) is 14.8. The van der Waals surface area contributed by atoms with Crippen LogP contribution in [0.3, 0.4) is 0 Å². The van der Waals surface area contributed by atoms with Crippen molar-refractivity contribution in [2.75, 3.05) is 26.2 Å². The third-order valence-electron chi connectivity index (χ3n) is 2.95. The van der Waals surface area contributed by atoms with Gasteiger partial charge in [0.05, 0.1) is 0 Å². The highest BCUT2D eigenvalue weighted by molar-refractivity contribution is 9.10. The molecule has 0 aliphatic rings. The Balaban J connectivity index is 2.26. The summed E-state index contributed by atoms with van der Waals surface area (Å²) in [5.74, 6) is 0. The van der Waals surface area contributed by atoms with E-state index in [1.807, 2.05) is 30.3 Å². The van der Waals surface area contributed by atoms with E-state index in [1.165, 1.54) is 0 Å². The number of rotatable bonds is 7. The van der Waals surface area contributed by atoms with Gasteiger partial charge in [-0.05, 0) is 36.9 Å². The number of hydrogen-bond acceptors (Lipinski definition) is 2. The van der Waals surface area contributed by atoms with Gasteiger partial charge >= 0.3 is 6.03 Å². The van der Waals surface area contributed by atoms with E-state index < -0.39 is 0 Å². The van der Waals surface area contributed by atoms with E-state index >= 15 is 0 Å². The van der Waals surface area contributed by atoms with Gasteiger partial charge in [0.25, 0.3) is 0 Å². The van der Waals surface area contributed by atoms with E-state index in [2.05, 4.69) is 45.3 Å². The Labute approximate surface area is 129 Å². The number of urea groups is 1. The summed E-state index contributed by atoms with van der Waals surface area (Å²) in [7, 11) is 0. The number of nitrogens with one attached hydrogen (secondary N) is 2. The molecule has 1 aromatic carbocycles. The zero-order valence-electron chi connectivity index (χ0n) is 12.0. The van der Waals surface area contributed by atoms with Gasteiger partial charge in [0, 0.05) is 23.8 Å². The molecule has 0 radical (unpaired) electrons. The first-order valence-electron chi connectivity index (χ1n) is 6.84. The Kier molecular flexibility index (Phi) is 7.99. The normalized spacial score (nSPS) is 11.0. The minimum absolute atomic E-state index is 0.177. The van der Waals surface area contributed by atoms with Gasteiger partial charge in [0.1, 0.15) is 0 Å². The molecule has 0 saturated heterocycles. The van der Waals surface area contributed by atoms with E-state index in [-0.39, 0.29) is 6.03 Å². The molecular formula is C15H22BrN3O. The van der Waals surface area contributed by atoms with Crippen molar-refractivity contribution >= 4 is 28.0 Å². The number of hydrogen-bond donors (Lipinski definition) is 2. The molecule has 2 N–H and O–H groups in total. The molecule has 0 aliphatic heterocycles. The fourth-order valence-corrected chi connectivity index (χ4v) is 2.16. The average Bonchev–Trinajstić information content (AvgIpc) is 2.44. The smallest absolute Gasteiger partial charge is 0.318 e. The van der Waals surface area contributed by atoms with Crippen LogP contribution in [0.4, 0.5) is 4.79 Å². The molecule has 110 valence electrons. The van der Waals surface area contributed by atoms with Crippen molar-refractivity contribution < 1.29 is 4.79 Å². The summed E-state index contributed by atoms with van der Waals surface area (Å²) in [5.41, 5.74) is 1.03. The van der Waals surface area contributed by atoms with Gasteiger partial charge in [-0.25, -0.2) is 4.79 Å². The van der Waals surface area contributed by atoms with Gasteiger partial charge in [-0.3, -0.25) is 0 Å². The van der Waals surface area contributed by atoms with Crippen molar-refractivity contribution in [2.45, 2.75) is 13.8 Å². The zero-order valence-corrected chi connectivity index (χ0v) is 13.6. The van der Waals surface area contributed by atoms with Crippen molar-refractivity contribution in [2.24, 2.45) is 0 Å². The Hall–Kier alpha value is -1.33. The lowest BCUT2D eigenvalue weighted by Crippen LogP contribution is -2.38. The quantitative estimate of drug-likeness (QED) is 0.801. The largest absolute Gasteiger partial charge is 0.337 e. The first kappa shape index (κ1) is 16.7. The monoisotopic (exact) mass is 339 g/mol. The van der Waals surface area contributed by atoms with Crippen LogP contribution in [0.1, 0.15) is 19.4 Å². The molecule has 0 bridgehead atoms. The molecule has 1 aromatic rings. The van der Waals surface area contributed by atoms with E-state index in [1.54, 1.807) is 6.20 Å². The molecule has 0 aliphatic carbocycles. The average molecular weight is 340 g/mol. The maximum atomic E-state index is 11.6. The van der Waals surface area contributed by atoms with Gasteiger partial charge in [0.15, 0.2) is 0 Å². The highest BCUT2D eigenvalue weighted by Gasteiger charge is 2.00. The van der Waals surface area contributed by atoms with Crippen LogP contribution in [-0.2, 0) is 0 Å². The Morgan fingerprint density at radius 1 is 1.35 bits per heavy atom. The van der Waals surface area contributed by atoms with Crippen LogP contribution in [0.25, 0.3) is 6.08 Å². The molecule has 2 amide bonds.